The van der Waals surface area contributed by atoms with Crippen LogP contribution < -0.4 is 20.4 Å². The van der Waals surface area contributed by atoms with Crippen LogP contribution in [0.15, 0.2) is 129 Å². The summed E-state index contributed by atoms with van der Waals surface area (Å²) in [5.41, 5.74) is 4.16. The Balaban J connectivity index is 1.16. The van der Waals surface area contributed by atoms with Gasteiger partial charge >= 0.3 is 12.4 Å². The zero-order valence-corrected chi connectivity index (χ0v) is 36.7. The summed E-state index contributed by atoms with van der Waals surface area (Å²) in [6.07, 6.45) is 0.0827. The highest BCUT2D eigenvalue weighted by atomic mass is 19.4. The van der Waals surface area contributed by atoms with Crippen LogP contribution in [0.5, 0.6) is 0 Å². The molecule has 0 saturated carbocycles. The molecule has 2 saturated heterocycles. The van der Waals surface area contributed by atoms with Crippen LogP contribution in [0.2, 0.25) is 0 Å². The highest BCUT2D eigenvalue weighted by Gasteiger charge is 2.39. The molecule has 342 valence electrons. The van der Waals surface area contributed by atoms with E-state index < -0.39 is 34.9 Å². The second kappa shape index (κ2) is 17.5. The van der Waals surface area contributed by atoms with Gasteiger partial charge in [-0.05, 0) is 143 Å². The molecule has 0 atom stereocenters. The average Bonchev–Trinajstić information content (AvgIpc) is 3.31. The van der Waals surface area contributed by atoms with Gasteiger partial charge in [0.05, 0.1) is 39.6 Å². The van der Waals surface area contributed by atoms with Crippen molar-refractivity contribution in [1.29, 1.82) is 0 Å². The van der Waals surface area contributed by atoms with Gasteiger partial charge in [-0.15, -0.1) is 0 Å². The van der Waals surface area contributed by atoms with E-state index in [2.05, 4.69) is 30.4 Å². The summed E-state index contributed by atoms with van der Waals surface area (Å²) >= 11 is 0. The number of aromatic nitrogens is 2. The summed E-state index contributed by atoms with van der Waals surface area (Å²) < 4.78 is 85.4. The number of alkyl halides is 6. The van der Waals surface area contributed by atoms with E-state index in [4.69, 9.17) is 20.0 Å². The highest BCUT2D eigenvalue weighted by molar-refractivity contribution is 6.27. The normalized spacial score (nSPS) is 17.4. The molecule has 2 N–H and O–H groups in total. The molecule has 2 aromatic heterocycles. The number of amidine groups is 1. The van der Waals surface area contributed by atoms with E-state index >= 15 is 0 Å². The van der Waals surface area contributed by atoms with Gasteiger partial charge in [-0.1, -0.05) is 12.1 Å². The topological polar surface area (TPSA) is 109 Å². The SMILES string of the molecule is Cc1cccc(Nc2cc(N3CCCCC3)ccc2C2=CC3=CC(c4ccc(N5CCCCC5)cc4Nc4cccc(C)n4)=NC4=NC(c5cc(C(F)(F)F)cc(C(F)(F)F)c5)=NC(=N2)N34)n1. The first-order valence-electron chi connectivity index (χ1n) is 22.3. The summed E-state index contributed by atoms with van der Waals surface area (Å²) in [6, 6.07) is 24.7. The van der Waals surface area contributed by atoms with Crippen LogP contribution in [0.3, 0.4) is 0 Å². The molecule has 5 aromatic rings. The van der Waals surface area contributed by atoms with Crippen molar-refractivity contribution in [2.45, 2.75) is 64.7 Å². The summed E-state index contributed by atoms with van der Waals surface area (Å²) in [4.78, 5) is 34.7. The lowest BCUT2D eigenvalue weighted by atomic mass is 10.0. The third-order valence-electron chi connectivity index (χ3n) is 12.2. The third-order valence-corrected chi connectivity index (χ3v) is 12.2. The second-order valence-corrected chi connectivity index (χ2v) is 17.1. The Kier molecular flexibility index (Phi) is 11.4. The van der Waals surface area contributed by atoms with Crippen molar-refractivity contribution in [2.75, 3.05) is 46.6 Å². The maximum Gasteiger partial charge on any atom is 0.416 e. The van der Waals surface area contributed by atoms with Crippen molar-refractivity contribution in [2.24, 2.45) is 20.0 Å². The molecule has 11 nitrogen and oxygen atoms in total. The molecule has 10 rings (SSSR count). The number of piperidine rings is 2. The predicted molar refractivity (Wildman–Crippen MR) is 252 cm³/mol. The summed E-state index contributed by atoms with van der Waals surface area (Å²) in [7, 11) is 0. The van der Waals surface area contributed by atoms with Crippen LogP contribution in [0.1, 0.15) is 77.7 Å². The third kappa shape index (κ3) is 9.27. The van der Waals surface area contributed by atoms with E-state index in [1.54, 1.807) is 4.90 Å². The molecule has 0 spiro atoms. The molecular weight excluding hydrogens is 869 g/mol. The summed E-state index contributed by atoms with van der Waals surface area (Å²) in [5.74, 6) is 0.697. The zero-order chi connectivity index (χ0) is 46.5. The Labute approximate surface area is 383 Å². The van der Waals surface area contributed by atoms with Gasteiger partial charge in [-0.3, -0.25) is 0 Å². The number of aliphatic imine (C=N–C) groups is 4. The Bertz CT molecular complexity index is 2810. The molecule has 0 bridgehead atoms. The fourth-order valence-corrected chi connectivity index (χ4v) is 8.92. The van der Waals surface area contributed by atoms with Crippen LogP contribution in [-0.4, -0.2) is 64.5 Å². The van der Waals surface area contributed by atoms with Crippen LogP contribution in [0, 0.1) is 13.8 Å². The van der Waals surface area contributed by atoms with Gasteiger partial charge in [-0.2, -0.15) is 36.3 Å². The number of aryl methyl sites for hydroxylation is 2. The van der Waals surface area contributed by atoms with E-state index in [-0.39, 0.29) is 18.0 Å². The maximum atomic E-state index is 14.2. The predicted octanol–water partition coefficient (Wildman–Crippen LogP) is 11.8. The van der Waals surface area contributed by atoms with E-state index in [0.717, 1.165) is 87.5 Å². The van der Waals surface area contributed by atoms with Gasteiger partial charge in [0.25, 0.3) is 0 Å². The number of pyridine rings is 2. The van der Waals surface area contributed by atoms with Gasteiger partial charge in [-0.25, -0.2) is 24.9 Å². The molecule has 3 aromatic carbocycles. The van der Waals surface area contributed by atoms with E-state index in [0.29, 0.717) is 63.4 Å². The molecule has 2 fully saturated rings. The number of hydrogen-bond acceptors (Lipinski definition) is 11. The Hall–Kier alpha value is -7.30. The van der Waals surface area contributed by atoms with Crippen LogP contribution in [-0.2, 0) is 12.4 Å². The minimum Gasteiger partial charge on any atom is -0.371 e. The Morgan fingerprint density at radius 1 is 0.522 bits per heavy atom. The first kappa shape index (κ1) is 43.6. The van der Waals surface area contributed by atoms with E-state index in [9.17, 15) is 26.3 Å². The number of rotatable bonds is 9. The standard InChI is InChI=1S/C50H45F6N11/c1-30-11-9-13-44(57-30)59-40-26-35(65-19-5-3-6-20-65)15-17-38(40)42-28-37-29-43(39-18-16-36(66-21-7-4-8-22-66)27-41(39)60-45-14-10-12-31(2)58-45)62-48-64-46(63-47(61-42)67(37)48)32-23-33(49(51,52)53)25-34(24-32)50(54,55)56/h9-18,23-29H,3-8,19-22H2,1-2H3,(H,57,59)(H,58,60). The Morgan fingerprint density at radius 2 is 1.04 bits per heavy atom. The quantitative estimate of drug-likeness (QED) is 0.142. The first-order chi connectivity index (χ1) is 32.2. The van der Waals surface area contributed by atoms with Crippen LogP contribution >= 0.6 is 0 Å². The number of hydrogen-bond donors (Lipinski definition) is 2. The fraction of sp³-hybridized carbons (Fsp3) is 0.280. The van der Waals surface area contributed by atoms with Crippen molar-refractivity contribution in [3.8, 4) is 0 Å². The lowest BCUT2D eigenvalue weighted by Gasteiger charge is -2.34. The average molecular weight is 914 g/mol. The molecule has 17 heteroatoms. The molecule has 5 aliphatic heterocycles. The van der Waals surface area contributed by atoms with Gasteiger partial charge in [0.15, 0.2) is 5.84 Å². The molecular formula is C50H45F6N11. The maximum absolute atomic E-state index is 14.2. The van der Waals surface area contributed by atoms with Crippen molar-refractivity contribution in [3.05, 3.63) is 148 Å². The summed E-state index contributed by atoms with van der Waals surface area (Å²) in [6.45, 7) is 7.40. The zero-order valence-electron chi connectivity index (χ0n) is 36.7. The minimum absolute atomic E-state index is 0.0417. The highest BCUT2D eigenvalue weighted by Crippen LogP contribution is 2.40. The van der Waals surface area contributed by atoms with Crippen LogP contribution in [0.25, 0.3) is 5.70 Å². The minimum atomic E-state index is -5.10. The van der Waals surface area contributed by atoms with Crippen molar-refractivity contribution >= 4 is 63.5 Å². The lowest BCUT2D eigenvalue weighted by molar-refractivity contribution is -0.143. The molecule has 0 unspecified atom stereocenters. The van der Waals surface area contributed by atoms with Gasteiger partial charge in [0.1, 0.15) is 11.6 Å². The monoisotopic (exact) mass is 913 g/mol. The number of guanidine groups is 2. The molecule has 7 heterocycles. The van der Waals surface area contributed by atoms with Crippen molar-refractivity contribution in [1.82, 2.24) is 14.9 Å². The number of halogens is 6. The van der Waals surface area contributed by atoms with E-state index in [1.165, 1.54) is 0 Å². The molecule has 0 amide bonds. The van der Waals surface area contributed by atoms with Gasteiger partial charge in [0, 0.05) is 65.6 Å². The summed E-state index contributed by atoms with van der Waals surface area (Å²) in [5, 5.41) is 7.00. The van der Waals surface area contributed by atoms with Crippen molar-refractivity contribution in [3.63, 3.8) is 0 Å². The van der Waals surface area contributed by atoms with Crippen LogP contribution in [0.4, 0.5) is 60.7 Å². The number of nitrogens with zero attached hydrogens (tertiary/aromatic N) is 9. The number of anilines is 6. The lowest BCUT2D eigenvalue weighted by Crippen LogP contribution is -2.42. The van der Waals surface area contributed by atoms with Gasteiger partial charge < -0.3 is 20.4 Å². The number of allylic oxidation sites excluding steroid dienone is 2. The number of benzene rings is 3. The smallest absolute Gasteiger partial charge is 0.371 e. The van der Waals surface area contributed by atoms with Gasteiger partial charge in [0.2, 0.25) is 11.9 Å². The molecule has 0 radical (unpaired) electrons. The van der Waals surface area contributed by atoms with E-state index in [1.807, 2.05) is 98.8 Å². The number of nitrogens with one attached hydrogen (secondary N) is 2. The second-order valence-electron chi connectivity index (χ2n) is 17.1. The molecule has 0 aliphatic carbocycles. The first-order valence-corrected chi connectivity index (χ1v) is 22.3. The fourth-order valence-electron chi connectivity index (χ4n) is 8.92. The van der Waals surface area contributed by atoms with Crippen molar-refractivity contribution < 1.29 is 26.3 Å². The molecule has 67 heavy (non-hydrogen) atoms. The molecule has 5 aliphatic rings. The largest absolute Gasteiger partial charge is 0.416 e. The Morgan fingerprint density at radius 3 is 1.58 bits per heavy atom.